The van der Waals surface area contributed by atoms with Crippen molar-refractivity contribution in [1.29, 1.82) is 0 Å². The minimum Gasteiger partial charge on any atom is -0.330 e. The standard InChI is InChI=1S/C13H28N2/c1-3-6-11(2)9-12(10-14)13-7-4-5-8-15-13/h11-13,15H,3-10,14H2,1-2H3/t11-,12+,13+/m0/s1. The summed E-state index contributed by atoms with van der Waals surface area (Å²) >= 11 is 0. The monoisotopic (exact) mass is 212 g/mol. The van der Waals surface area contributed by atoms with Gasteiger partial charge in [0.05, 0.1) is 0 Å². The van der Waals surface area contributed by atoms with Gasteiger partial charge in [0.15, 0.2) is 0 Å². The Hall–Kier alpha value is -0.0800. The molecule has 1 saturated heterocycles. The molecule has 0 spiro atoms. The van der Waals surface area contributed by atoms with Gasteiger partial charge in [0, 0.05) is 6.04 Å². The number of rotatable bonds is 6. The second-order valence-corrected chi connectivity index (χ2v) is 5.18. The fraction of sp³-hybridized carbons (Fsp3) is 1.00. The van der Waals surface area contributed by atoms with E-state index in [4.69, 9.17) is 5.73 Å². The van der Waals surface area contributed by atoms with Crippen molar-refractivity contribution in [2.24, 2.45) is 17.6 Å². The lowest BCUT2D eigenvalue weighted by atomic mass is 9.84. The highest BCUT2D eigenvalue weighted by Crippen LogP contribution is 2.23. The first-order chi connectivity index (χ1) is 7.27. The van der Waals surface area contributed by atoms with Gasteiger partial charge in [0.25, 0.3) is 0 Å². The van der Waals surface area contributed by atoms with Crippen LogP contribution in [0.5, 0.6) is 0 Å². The van der Waals surface area contributed by atoms with Crippen molar-refractivity contribution in [1.82, 2.24) is 5.32 Å². The Labute approximate surface area is 95.0 Å². The molecule has 0 aliphatic carbocycles. The van der Waals surface area contributed by atoms with Crippen molar-refractivity contribution in [3.05, 3.63) is 0 Å². The molecule has 90 valence electrons. The number of piperidine rings is 1. The van der Waals surface area contributed by atoms with E-state index in [1.807, 2.05) is 0 Å². The zero-order valence-corrected chi connectivity index (χ0v) is 10.5. The largest absolute Gasteiger partial charge is 0.330 e. The summed E-state index contributed by atoms with van der Waals surface area (Å²) in [6.07, 6.45) is 8.02. The Balaban J connectivity index is 2.32. The molecule has 1 aliphatic heterocycles. The van der Waals surface area contributed by atoms with Gasteiger partial charge in [0.1, 0.15) is 0 Å². The van der Waals surface area contributed by atoms with E-state index in [0.717, 1.165) is 12.5 Å². The molecular weight excluding hydrogens is 184 g/mol. The molecule has 15 heavy (non-hydrogen) atoms. The first-order valence-corrected chi connectivity index (χ1v) is 6.71. The van der Waals surface area contributed by atoms with Gasteiger partial charge in [-0.05, 0) is 44.2 Å². The number of hydrogen-bond acceptors (Lipinski definition) is 2. The topological polar surface area (TPSA) is 38.0 Å². The molecule has 0 unspecified atom stereocenters. The van der Waals surface area contributed by atoms with Crippen LogP contribution >= 0.6 is 0 Å². The highest BCUT2D eigenvalue weighted by Gasteiger charge is 2.23. The number of nitrogens with two attached hydrogens (primary N) is 1. The summed E-state index contributed by atoms with van der Waals surface area (Å²) < 4.78 is 0. The van der Waals surface area contributed by atoms with Gasteiger partial charge in [-0.1, -0.05) is 33.1 Å². The van der Waals surface area contributed by atoms with Crippen molar-refractivity contribution in [3.63, 3.8) is 0 Å². The van der Waals surface area contributed by atoms with Crippen LogP contribution in [0.15, 0.2) is 0 Å². The lowest BCUT2D eigenvalue weighted by Crippen LogP contribution is -2.43. The summed E-state index contributed by atoms with van der Waals surface area (Å²) in [5, 5.41) is 3.64. The first kappa shape index (κ1) is 13.0. The van der Waals surface area contributed by atoms with Gasteiger partial charge in [0.2, 0.25) is 0 Å². The molecule has 0 saturated carbocycles. The predicted molar refractivity (Wildman–Crippen MR) is 66.9 cm³/mol. The lowest BCUT2D eigenvalue weighted by Gasteiger charge is -2.32. The third-order valence-electron chi connectivity index (χ3n) is 3.71. The fourth-order valence-electron chi connectivity index (χ4n) is 2.83. The van der Waals surface area contributed by atoms with Crippen LogP contribution in [0.1, 0.15) is 52.4 Å². The lowest BCUT2D eigenvalue weighted by molar-refractivity contribution is 0.254. The van der Waals surface area contributed by atoms with Crippen molar-refractivity contribution in [2.75, 3.05) is 13.1 Å². The highest BCUT2D eigenvalue weighted by molar-refractivity contribution is 4.81. The van der Waals surface area contributed by atoms with E-state index in [0.29, 0.717) is 12.0 Å². The number of nitrogens with one attached hydrogen (secondary N) is 1. The Morgan fingerprint density at radius 2 is 2.20 bits per heavy atom. The van der Waals surface area contributed by atoms with Crippen LogP contribution in [-0.2, 0) is 0 Å². The molecule has 1 heterocycles. The molecule has 0 aromatic heterocycles. The van der Waals surface area contributed by atoms with Gasteiger partial charge < -0.3 is 11.1 Å². The van der Waals surface area contributed by atoms with Crippen LogP contribution in [-0.4, -0.2) is 19.1 Å². The van der Waals surface area contributed by atoms with E-state index >= 15 is 0 Å². The average molecular weight is 212 g/mol. The quantitative estimate of drug-likeness (QED) is 0.710. The van der Waals surface area contributed by atoms with Crippen molar-refractivity contribution in [2.45, 2.75) is 58.4 Å². The Morgan fingerprint density at radius 1 is 1.40 bits per heavy atom. The molecule has 1 fully saturated rings. The normalized spacial score (nSPS) is 26.2. The van der Waals surface area contributed by atoms with E-state index in [1.165, 1.54) is 45.1 Å². The van der Waals surface area contributed by atoms with Crippen LogP contribution in [0.3, 0.4) is 0 Å². The molecule has 0 aromatic rings. The minimum absolute atomic E-state index is 0.697. The molecule has 3 N–H and O–H groups in total. The molecule has 3 atom stereocenters. The van der Waals surface area contributed by atoms with Gasteiger partial charge in [-0.3, -0.25) is 0 Å². The average Bonchev–Trinajstić information content (AvgIpc) is 2.27. The molecule has 0 bridgehead atoms. The molecular formula is C13H28N2. The Morgan fingerprint density at radius 3 is 2.73 bits per heavy atom. The molecule has 2 heteroatoms. The summed E-state index contributed by atoms with van der Waals surface area (Å²) in [5.74, 6) is 1.54. The van der Waals surface area contributed by atoms with Crippen LogP contribution in [0.25, 0.3) is 0 Å². The van der Waals surface area contributed by atoms with Crippen LogP contribution in [0.2, 0.25) is 0 Å². The summed E-state index contributed by atoms with van der Waals surface area (Å²) in [5.41, 5.74) is 5.91. The molecule has 2 nitrogen and oxygen atoms in total. The van der Waals surface area contributed by atoms with Gasteiger partial charge >= 0.3 is 0 Å². The maximum atomic E-state index is 5.91. The maximum Gasteiger partial charge on any atom is 0.0107 e. The van der Waals surface area contributed by atoms with Gasteiger partial charge in [-0.25, -0.2) is 0 Å². The van der Waals surface area contributed by atoms with Gasteiger partial charge in [-0.2, -0.15) is 0 Å². The van der Waals surface area contributed by atoms with Crippen molar-refractivity contribution >= 4 is 0 Å². The summed E-state index contributed by atoms with van der Waals surface area (Å²) in [6.45, 7) is 6.69. The van der Waals surface area contributed by atoms with Crippen molar-refractivity contribution in [3.8, 4) is 0 Å². The van der Waals surface area contributed by atoms with E-state index in [-0.39, 0.29) is 0 Å². The predicted octanol–water partition coefficient (Wildman–Crippen LogP) is 2.53. The second-order valence-electron chi connectivity index (χ2n) is 5.18. The maximum absolute atomic E-state index is 5.91. The van der Waals surface area contributed by atoms with Gasteiger partial charge in [-0.15, -0.1) is 0 Å². The SMILES string of the molecule is CCC[C@H](C)C[C@H](CN)[C@H]1CCCCN1. The molecule has 1 aliphatic rings. The molecule has 1 rings (SSSR count). The van der Waals surface area contributed by atoms with Crippen molar-refractivity contribution < 1.29 is 0 Å². The molecule has 0 amide bonds. The smallest absolute Gasteiger partial charge is 0.0107 e. The molecule has 0 aromatic carbocycles. The first-order valence-electron chi connectivity index (χ1n) is 6.71. The summed E-state index contributed by atoms with van der Waals surface area (Å²) in [6, 6.07) is 0.697. The zero-order chi connectivity index (χ0) is 11.1. The summed E-state index contributed by atoms with van der Waals surface area (Å²) in [4.78, 5) is 0. The van der Waals surface area contributed by atoms with Crippen LogP contribution < -0.4 is 11.1 Å². The third-order valence-corrected chi connectivity index (χ3v) is 3.71. The van der Waals surface area contributed by atoms with E-state index in [1.54, 1.807) is 0 Å². The molecule has 0 radical (unpaired) electrons. The summed E-state index contributed by atoms with van der Waals surface area (Å²) in [7, 11) is 0. The number of hydrogen-bond donors (Lipinski definition) is 2. The fourth-order valence-corrected chi connectivity index (χ4v) is 2.83. The Bertz CT molecular complexity index is 153. The van der Waals surface area contributed by atoms with E-state index in [9.17, 15) is 0 Å². The second kappa shape index (κ2) is 7.24. The van der Waals surface area contributed by atoms with Crippen LogP contribution in [0.4, 0.5) is 0 Å². The minimum atomic E-state index is 0.697. The Kier molecular flexibility index (Phi) is 6.26. The van der Waals surface area contributed by atoms with Crippen LogP contribution in [0, 0.1) is 11.8 Å². The van der Waals surface area contributed by atoms with E-state index < -0.39 is 0 Å². The highest BCUT2D eigenvalue weighted by atomic mass is 14.9. The third kappa shape index (κ3) is 4.52. The zero-order valence-electron chi connectivity index (χ0n) is 10.5. The van der Waals surface area contributed by atoms with E-state index in [2.05, 4.69) is 19.2 Å².